The first-order valence-corrected chi connectivity index (χ1v) is 11.2. The highest BCUT2D eigenvalue weighted by molar-refractivity contribution is 7.98. The first-order chi connectivity index (χ1) is 13.9. The van der Waals surface area contributed by atoms with Crippen LogP contribution >= 0.6 is 11.8 Å². The number of nitrogens with one attached hydrogen (secondary N) is 1. The molecule has 2 heterocycles. The van der Waals surface area contributed by atoms with Crippen LogP contribution in [0.3, 0.4) is 0 Å². The van der Waals surface area contributed by atoms with Crippen LogP contribution in [0, 0.1) is 0 Å². The van der Waals surface area contributed by atoms with Crippen LogP contribution in [0.15, 0.2) is 66.9 Å². The molecule has 0 aliphatic heterocycles. The van der Waals surface area contributed by atoms with E-state index < -0.39 is 0 Å². The van der Waals surface area contributed by atoms with Gasteiger partial charge in [-0.3, -0.25) is 4.40 Å². The van der Waals surface area contributed by atoms with Crippen molar-refractivity contribution < 1.29 is 0 Å². The Balaban J connectivity index is 1.42. The second-order valence-electron chi connectivity index (χ2n) is 7.02. The van der Waals surface area contributed by atoms with Gasteiger partial charge >= 0.3 is 0 Å². The van der Waals surface area contributed by atoms with E-state index in [1.54, 1.807) is 0 Å². The number of pyridine rings is 1. The highest BCUT2D eigenvalue weighted by atomic mass is 32.2. The van der Waals surface area contributed by atoms with Gasteiger partial charge in [0.1, 0.15) is 0 Å². The summed E-state index contributed by atoms with van der Waals surface area (Å²) in [7, 11) is 0. The molecule has 144 valence electrons. The minimum Gasteiger partial charge on any atom is -0.307 e. The van der Waals surface area contributed by atoms with Crippen molar-refractivity contribution in [3.05, 3.63) is 78.2 Å². The fourth-order valence-corrected chi connectivity index (χ4v) is 4.19. The summed E-state index contributed by atoms with van der Waals surface area (Å²) in [5, 5.41) is 15.2. The van der Waals surface area contributed by atoms with Gasteiger partial charge in [-0.2, -0.15) is 11.8 Å². The van der Waals surface area contributed by atoms with Gasteiger partial charge < -0.3 is 5.32 Å². The van der Waals surface area contributed by atoms with Crippen molar-refractivity contribution >= 4 is 28.2 Å². The summed E-state index contributed by atoms with van der Waals surface area (Å²) in [4.78, 5) is 0. The molecule has 0 unspecified atom stereocenters. The standard InChI is InChI=1S/C23H26N4S/c1-28-17-14-21(23-26-25-22-13-4-5-16-27(22)23)24-15-7-11-19-10-6-9-18-8-2-3-12-20(18)19/h2-6,8-10,12-13,16,21,24H,7,11,14-15,17H2,1H3/t21-/m1/s1. The minimum atomic E-state index is 0.220. The van der Waals surface area contributed by atoms with E-state index in [-0.39, 0.29) is 6.04 Å². The van der Waals surface area contributed by atoms with Crippen molar-refractivity contribution in [1.29, 1.82) is 0 Å². The Morgan fingerprint density at radius 1 is 1.00 bits per heavy atom. The lowest BCUT2D eigenvalue weighted by Gasteiger charge is -2.17. The molecule has 4 nitrogen and oxygen atoms in total. The van der Waals surface area contributed by atoms with Gasteiger partial charge in [-0.15, -0.1) is 10.2 Å². The van der Waals surface area contributed by atoms with E-state index in [1.807, 2.05) is 30.0 Å². The van der Waals surface area contributed by atoms with E-state index in [2.05, 4.69) is 74.8 Å². The highest BCUT2D eigenvalue weighted by Crippen LogP contribution is 2.21. The van der Waals surface area contributed by atoms with Crippen LogP contribution in [0.1, 0.15) is 30.3 Å². The number of benzene rings is 2. The maximum Gasteiger partial charge on any atom is 0.160 e. The van der Waals surface area contributed by atoms with E-state index >= 15 is 0 Å². The number of thioether (sulfide) groups is 1. The third-order valence-corrected chi connectivity index (χ3v) is 5.80. The smallest absolute Gasteiger partial charge is 0.160 e. The van der Waals surface area contributed by atoms with Crippen LogP contribution in [-0.4, -0.2) is 33.2 Å². The Morgan fingerprint density at radius 3 is 2.79 bits per heavy atom. The second-order valence-corrected chi connectivity index (χ2v) is 8.00. The van der Waals surface area contributed by atoms with E-state index in [1.165, 1.54) is 16.3 Å². The van der Waals surface area contributed by atoms with Gasteiger partial charge in [0, 0.05) is 6.20 Å². The molecule has 0 saturated carbocycles. The van der Waals surface area contributed by atoms with Crippen LogP contribution in [-0.2, 0) is 6.42 Å². The van der Waals surface area contributed by atoms with Gasteiger partial charge in [0.25, 0.3) is 0 Å². The average Bonchev–Trinajstić information content (AvgIpc) is 3.17. The summed E-state index contributed by atoms with van der Waals surface area (Å²) in [5.74, 6) is 2.11. The van der Waals surface area contributed by atoms with E-state index in [9.17, 15) is 0 Å². The van der Waals surface area contributed by atoms with Crippen LogP contribution in [0.25, 0.3) is 16.4 Å². The zero-order valence-corrected chi connectivity index (χ0v) is 17.0. The Bertz CT molecular complexity index is 1040. The zero-order chi connectivity index (χ0) is 19.2. The number of hydrogen-bond donors (Lipinski definition) is 1. The molecule has 0 amide bonds. The molecule has 0 spiro atoms. The second kappa shape index (κ2) is 9.22. The average molecular weight is 391 g/mol. The minimum absolute atomic E-state index is 0.220. The van der Waals surface area contributed by atoms with Gasteiger partial charge in [0.05, 0.1) is 6.04 Å². The molecule has 0 fully saturated rings. The fraction of sp³-hybridized carbons (Fsp3) is 0.304. The molecule has 0 saturated heterocycles. The molecule has 2 aromatic carbocycles. The van der Waals surface area contributed by atoms with Crippen molar-refractivity contribution in [2.45, 2.75) is 25.3 Å². The van der Waals surface area contributed by atoms with Gasteiger partial charge in [-0.1, -0.05) is 48.5 Å². The predicted octanol–water partition coefficient (Wildman–Crippen LogP) is 4.90. The number of rotatable bonds is 9. The van der Waals surface area contributed by atoms with Crippen LogP contribution in [0.4, 0.5) is 0 Å². The summed E-state index contributed by atoms with van der Waals surface area (Å²) in [5.41, 5.74) is 2.33. The summed E-state index contributed by atoms with van der Waals surface area (Å²) in [6, 6.07) is 21.5. The molecular formula is C23H26N4S. The SMILES string of the molecule is CSCC[C@@H](NCCCc1cccc2ccccc12)c1nnc2ccccn12. The van der Waals surface area contributed by atoms with Crippen LogP contribution in [0.5, 0.6) is 0 Å². The lowest BCUT2D eigenvalue weighted by Crippen LogP contribution is -2.25. The number of aryl methyl sites for hydroxylation is 1. The molecule has 2 aromatic heterocycles. The van der Waals surface area contributed by atoms with Crippen molar-refractivity contribution in [3.8, 4) is 0 Å². The molecule has 0 bridgehead atoms. The third-order valence-electron chi connectivity index (χ3n) is 5.16. The van der Waals surface area contributed by atoms with Crippen molar-refractivity contribution in [2.75, 3.05) is 18.6 Å². The molecule has 1 N–H and O–H groups in total. The highest BCUT2D eigenvalue weighted by Gasteiger charge is 2.17. The maximum absolute atomic E-state index is 4.47. The van der Waals surface area contributed by atoms with E-state index in [0.717, 1.165) is 43.0 Å². The summed E-state index contributed by atoms with van der Waals surface area (Å²) in [6.07, 6.45) is 7.42. The molecule has 4 rings (SSSR count). The molecule has 0 aliphatic rings. The molecule has 4 aromatic rings. The lowest BCUT2D eigenvalue weighted by atomic mass is 10.0. The van der Waals surface area contributed by atoms with Gasteiger partial charge in [-0.25, -0.2) is 0 Å². The first-order valence-electron chi connectivity index (χ1n) is 9.85. The quantitative estimate of drug-likeness (QED) is 0.413. The van der Waals surface area contributed by atoms with Gasteiger partial charge in [0.15, 0.2) is 11.5 Å². The van der Waals surface area contributed by atoms with Crippen molar-refractivity contribution in [1.82, 2.24) is 19.9 Å². The Morgan fingerprint density at radius 2 is 1.86 bits per heavy atom. The van der Waals surface area contributed by atoms with Crippen LogP contribution < -0.4 is 5.32 Å². The number of nitrogens with zero attached hydrogens (tertiary/aromatic N) is 3. The topological polar surface area (TPSA) is 42.2 Å². The summed E-state index contributed by atoms with van der Waals surface area (Å²) < 4.78 is 2.10. The number of hydrogen-bond acceptors (Lipinski definition) is 4. The van der Waals surface area contributed by atoms with Gasteiger partial charge in [-0.05, 0) is 66.3 Å². The molecule has 28 heavy (non-hydrogen) atoms. The lowest BCUT2D eigenvalue weighted by molar-refractivity contribution is 0.487. The summed E-state index contributed by atoms with van der Waals surface area (Å²) in [6.45, 7) is 0.962. The van der Waals surface area contributed by atoms with Gasteiger partial charge in [0.2, 0.25) is 0 Å². The molecule has 0 radical (unpaired) electrons. The predicted molar refractivity (Wildman–Crippen MR) is 119 cm³/mol. The normalized spacial score (nSPS) is 12.6. The number of aromatic nitrogens is 3. The third kappa shape index (κ3) is 4.21. The van der Waals surface area contributed by atoms with E-state index in [4.69, 9.17) is 0 Å². The Labute approximate surface area is 170 Å². The largest absolute Gasteiger partial charge is 0.307 e. The molecule has 0 aliphatic carbocycles. The Kier molecular flexibility index (Phi) is 6.24. The number of fused-ring (bicyclic) bond motifs is 2. The molecule has 5 heteroatoms. The fourth-order valence-electron chi connectivity index (χ4n) is 3.72. The maximum atomic E-state index is 4.47. The zero-order valence-electron chi connectivity index (χ0n) is 16.2. The molecular weight excluding hydrogens is 364 g/mol. The van der Waals surface area contributed by atoms with Crippen molar-refractivity contribution in [3.63, 3.8) is 0 Å². The van der Waals surface area contributed by atoms with Crippen LogP contribution in [0.2, 0.25) is 0 Å². The molecule has 1 atom stereocenters. The first kappa shape index (κ1) is 19.0. The van der Waals surface area contributed by atoms with E-state index in [0.29, 0.717) is 0 Å². The van der Waals surface area contributed by atoms with Crippen molar-refractivity contribution in [2.24, 2.45) is 0 Å². The monoisotopic (exact) mass is 390 g/mol. The summed E-state index contributed by atoms with van der Waals surface area (Å²) >= 11 is 1.87. The Hall–Kier alpha value is -2.37.